The molecule has 0 unspecified atom stereocenters. The van der Waals surface area contributed by atoms with Crippen LogP contribution < -0.4 is 4.74 Å². The Labute approximate surface area is 265 Å². The van der Waals surface area contributed by atoms with Crippen molar-refractivity contribution in [3.8, 4) is 22.8 Å². The summed E-state index contributed by atoms with van der Waals surface area (Å²) in [7, 11) is 0. The minimum absolute atomic E-state index is 0. The van der Waals surface area contributed by atoms with Gasteiger partial charge in [0.1, 0.15) is 5.65 Å². The summed E-state index contributed by atoms with van der Waals surface area (Å²) < 4.78 is 10.8. The van der Waals surface area contributed by atoms with E-state index in [2.05, 4.69) is 99.9 Å². The van der Waals surface area contributed by atoms with Crippen LogP contribution in [-0.2, 0) is 21.1 Å². The van der Waals surface area contributed by atoms with Gasteiger partial charge in [-0.05, 0) is 29.0 Å². The maximum Gasteiger partial charge on any atom is 2.00 e. The van der Waals surface area contributed by atoms with E-state index in [4.69, 9.17) is 14.7 Å². The van der Waals surface area contributed by atoms with E-state index in [-0.39, 0.29) is 21.1 Å². The largest absolute Gasteiger partial charge is 2.00 e. The van der Waals surface area contributed by atoms with Crippen LogP contribution >= 0.6 is 0 Å². The van der Waals surface area contributed by atoms with Crippen LogP contribution in [0.25, 0.3) is 76.8 Å². The van der Waals surface area contributed by atoms with Gasteiger partial charge < -0.3 is 13.5 Å². The molecule has 0 fully saturated rings. The minimum Gasteiger partial charge on any atom is -0.503 e. The molecule has 5 aromatic heterocycles. The molecular formula is C38H20N4OPt. The van der Waals surface area contributed by atoms with Crippen LogP contribution in [0.1, 0.15) is 0 Å². The molecule has 44 heavy (non-hydrogen) atoms. The number of hydrogen-bond acceptors (Lipinski definition) is 3. The van der Waals surface area contributed by atoms with E-state index in [1.165, 1.54) is 16.3 Å². The third-order valence-electron chi connectivity index (χ3n) is 8.55. The minimum atomic E-state index is 0. The zero-order valence-corrected chi connectivity index (χ0v) is 25.3. The zero-order valence-electron chi connectivity index (χ0n) is 23.1. The fourth-order valence-corrected chi connectivity index (χ4v) is 6.70. The number of aromatic nitrogens is 4. The van der Waals surface area contributed by atoms with E-state index < -0.39 is 0 Å². The molecule has 0 saturated heterocycles. The Hall–Kier alpha value is -5.25. The van der Waals surface area contributed by atoms with Crippen molar-refractivity contribution < 1.29 is 25.8 Å². The van der Waals surface area contributed by atoms with Crippen molar-refractivity contribution in [2.75, 3.05) is 0 Å². The summed E-state index contributed by atoms with van der Waals surface area (Å²) in [6, 6.07) is 44.6. The van der Waals surface area contributed by atoms with Crippen molar-refractivity contribution in [1.29, 1.82) is 0 Å². The summed E-state index contributed by atoms with van der Waals surface area (Å²) in [5.41, 5.74) is 6.99. The number of hydrogen-bond donors (Lipinski definition) is 0. The van der Waals surface area contributed by atoms with Gasteiger partial charge in [-0.1, -0.05) is 89.1 Å². The van der Waals surface area contributed by atoms with Gasteiger partial charge >= 0.3 is 21.1 Å². The second-order valence-corrected chi connectivity index (χ2v) is 10.9. The molecule has 0 aliphatic heterocycles. The van der Waals surface area contributed by atoms with Gasteiger partial charge in [-0.25, -0.2) is 4.98 Å². The van der Waals surface area contributed by atoms with E-state index in [0.29, 0.717) is 11.5 Å². The summed E-state index contributed by atoms with van der Waals surface area (Å²) in [6.07, 6.45) is 3.95. The Morgan fingerprint density at radius 2 is 1.32 bits per heavy atom. The standard InChI is InChI=1S/C38H20N4O.Pt/c1-2-8-23(9-3-1)33-22-41-34-14-5-4-10-27(34)26-17-15-24(20-32(26)38(41)40-33)43-25-16-18-28-29-11-6-12-30-31-13-7-19-39-37(31)42(36(29)30)35(28)21-25;/h1-19,22H;/q-2;+2. The Balaban J connectivity index is 0.00000270. The smallest absolute Gasteiger partial charge is 0.503 e. The van der Waals surface area contributed by atoms with E-state index in [0.717, 1.165) is 60.5 Å². The first-order chi connectivity index (χ1) is 21.3. The number of nitrogens with zero attached hydrogens (tertiary/aromatic N) is 4. The Bertz CT molecular complexity index is 2710. The van der Waals surface area contributed by atoms with E-state index >= 15 is 0 Å². The molecule has 0 spiro atoms. The number of imidazole rings is 1. The van der Waals surface area contributed by atoms with Crippen molar-refractivity contribution in [1.82, 2.24) is 18.8 Å². The molecular weight excluding hydrogens is 724 g/mol. The third kappa shape index (κ3) is 3.45. The predicted molar refractivity (Wildman–Crippen MR) is 172 cm³/mol. The van der Waals surface area contributed by atoms with Crippen LogP contribution in [0.5, 0.6) is 11.5 Å². The molecule has 10 aromatic rings. The molecule has 0 radical (unpaired) electrons. The monoisotopic (exact) mass is 743 g/mol. The third-order valence-corrected chi connectivity index (χ3v) is 8.55. The van der Waals surface area contributed by atoms with Crippen molar-refractivity contribution in [2.45, 2.75) is 0 Å². The molecule has 0 N–H and O–H groups in total. The topological polar surface area (TPSA) is 43.8 Å². The fraction of sp³-hybridized carbons (Fsp3) is 0. The van der Waals surface area contributed by atoms with Gasteiger partial charge in [0.15, 0.2) is 0 Å². The maximum absolute atomic E-state index is 6.47. The Morgan fingerprint density at radius 1 is 0.591 bits per heavy atom. The van der Waals surface area contributed by atoms with E-state index in [1.54, 1.807) is 0 Å². The van der Waals surface area contributed by atoms with Gasteiger partial charge in [-0.2, -0.15) is 6.07 Å². The first kappa shape index (κ1) is 25.3. The maximum atomic E-state index is 6.47. The molecule has 208 valence electrons. The number of fused-ring (bicyclic) bond motifs is 12. The van der Waals surface area contributed by atoms with Crippen molar-refractivity contribution in [3.05, 3.63) is 134 Å². The zero-order chi connectivity index (χ0) is 28.1. The molecule has 0 bridgehead atoms. The average Bonchev–Trinajstić information content (AvgIpc) is 3.75. The second-order valence-electron chi connectivity index (χ2n) is 10.9. The number of rotatable bonds is 3. The number of pyridine rings is 2. The summed E-state index contributed by atoms with van der Waals surface area (Å²) in [6.45, 7) is 0. The van der Waals surface area contributed by atoms with Crippen molar-refractivity contribution in [3.63, 3.8) is 0 Å². The number of benzene rings is 5. The number of para-hydroxylation sites is 2. The van der Waals surface area contributed by atoms with Crippen LogP contribution in [0.3, 0.4) is 0 Å². The van der Waals surface area contributed by atoms with Crippen LogP contribution in [-0.4, -0.2) is 18.8 Å². The van der Waals surface area contributed by atoms with Gasteiger partial charge in [0.25, 0.3) is 0 Å². The van der Waals surface area contributed by atoms with Gasteiger partial charge in [-0.15, -0.1) is 29.7 Å². The van der Waals surface area contributed by atoms with Crippen molar-refractivity contribution in [2.24, 2.45) is 0 Å². The molecule has 5 heterocycles. The molecule has 5 aromatic carbocycles. The predicted octanol–water partition coefficient (Wildman–Crippen LogP) is 9.24. The van der Waals surface area contributed by atoms with Crippen LogP contribution in [0.15, 0.2) is 122 Å². The molecule has 0 aliphatic rings. The first-order valence-electron chi connectivity index (χ1n) is 14.3. The molecule has 6 heteroatoms. The fourth-order valence-electron chi connectivity index (χ4n) is 6.70. The van der Waals surface area contributed by atoms with Gasteiger partial charge in [0.05, 0.1) is 11.3 Å². The Morgan fingerprint density at radius 3 is 2.20 bits per heavy atom. The molecule has 10 rings (SSSR count). The van der Waals surface area contributed by atoms with Crippen LogP contribution in [0, 0.1) is 12.1 Å². The van der Waals surface area contributed by atoms with Gasteiger partial charge in [0.2, 0.25) is 0 Å². The molecule has 5 nitrogen and oxygen atoms in total. The van der Waals surface area contributed by atoms with Crippen LogP contribution in [0.2, 0.25) is 0 Å². The summed E-state index contributed by atoms with van der Waals surface area (Å²) >= 11 is 0. The van der Waals surface area contributed by atoms with E-state index in [1.807, 2.05) is 42.6 Å². The summed E-state index contributed by atoms with van der Waals surface area (Å²) in [5, 5.41) is 7.79. The average molecular weight is 744 g/mol. The number of ether oxygens (including phenoxy) is 1. The van der Waals surface area contributed by atoms with Crippen LogP contribution in [0.4, 0.5) is 0 Å². The molecule has 0 aliphatic carbocycles. The van der Waals surface area contributed by atoms with Gasteiger partial charge in [-0.3, -0.25) is 4.98 Å². The molecule has 0 atom stereocenters. The van der Waals surface area contributed by atoms with Gasteiger partial charge in [0, 0.05) is 51.3 Å². The summed E-state index contributed by atoms with van der Waals surface area (Å²) in [5.74, 6) is 1.24. The van der Waals surface area contributed by atoms with Crippen molar-refractivity contribution >= 4 is 65.5 Å². The van der Waals surface area contributed by atoms with E-state index in [9.17, 15) is 0 Å². The molecule has 0 saturated carbocycles. The first-order valence-corrected chi connectivity index (χ1v) is 14.3. The SMILES string of the molecule is [Pt+2].[c-]1c(Oc2[c-]c3c(cc2)c2cccc4c5cccnc5n3c24)ccc2c1c1nc(-c3ccccc3)cn1c1ccccc21. The quantitative estimate of drug-likeness (QED) is 0.134. The Kier molecular flexibility index (Phi) is 5.38. The molecule has 0 amide bonds. The summed E-state index contributed by atoms with van der Waals surface area (Å²) in [4.78, 5) is 9.82. The normalized spacial score (nSPS) is 11.9. The second kappa shape index (κ2) is 9.37.